The number of aryl methyl sites for hydroxylation is 1. The van der Waals surface area contributed by atoms with Crippen molar-refractivity contribution in [2.75, 3.05) is 19.1 Å². The van der Waals surface area contributed by atoms with E-state index in [4.69, 9.17) is 9.72 Å². The Kier molecular flexibility index (Phi) is 6.42. The van der Waals surface area contributed by atoms with Crippen molar-refractivity contribution in [3.63, 3.8) is 0 Å². The predicted molar refractivity (Wildman–Crippen MR) is 140 cm³/mol. The first-order valence-corrected chi connectivity index (χ1v) is 13.1. The molecule has 41 heavy (non-hydrogen) atoms. The van der Waals surface area contributed by atoms with Gasteiger partial charge in [-0.2, -0.15) is 22.0 Å². The molecule has 0 atom stereocenters. The van der Waals surface area contributed by atoms with Crippen LogP contribution in [0.3, 0.4) is 0 Å². The smallest absolute Gasteiger partial charge is 0.434 e. The number of methoxy groups -OCH3 is 1. The number of nitrogens with zero attached hydrogens (tertiary/aromatic N) is 7. The molecule has 1 aromatic carbocycles. The van der Waals surface area contributed by atoms with Crippen molar-refractivity contribution in [3.8, 4) is 28.7 Å². The van der Waals surface area contributed by atoms with Gasteiger partial charge >= 0.3 is 6.18 Å². The fourth-order valence-electron chi connectivity index (χ4n) is 5.23. The molecule has 214 valence electrons. The van der Waals surface area contributed by atoms with Gasteiger partial charge < -0.3 is 14.2 Å². The van der Waals surface area contributed by atoms with Crippen LogP contribution in [0.1, 0.15) is 53.4 Å². The second kappa shape index (κ2) is 9.74. The number of imidazole rings is 1. The minimum atomic E-state index is -4.54. The molecule has 8 nitrogen and oxygen atoms in total. The molecule has 0 saturated heterocycles. The summed E-state index contributed by atoms with van der Waals surface area (Å²) in [5.41, 5.74) is 1.55. The van der Waals surface area contributed by atoms with Crippen molar-refractivity contribution in [2.24, 2.45) is 7.05 Å². The van der Waals surface area contributed by atoms with Crippen LogP contribution in [0.5, 0.6) is 5.88 Å². The molecule has 3 aromatic heterocycles. The van der Waals surface area contributed by atoms with Gasteiger partial charge in [0.05, 0.1) is 12.8 Å². The summed E-state index contributed by atoms with van der Waals surface area (Å²) in [5, 5.41) is 0. The zero-order valence-electron chi connectivity index (χ0n) is 22.5. The van der Waals surface area contributed by atoms with Gasteiger partial charge in [0.2, 0.25) is 5.88 Å². The van der Waals surface area contributed by atoms with Crippen LogP contribution in [-0.4, -0.2) is 43.6 Å². The maximum atomic E-state index is 15.0. The van der Waals surface area contributed by atoms with E-state index in [2.05, 4.69) is 19.9 Å². The van der Waals surface area contributed by atoms with Gasteiger partial charge in [-0.1, -0.05) is 24.3 Å². The number of aromatic nitrogens is 6. The third kappa shape index (κ3) is 4.97. The zero-order valence-corrected chi connectivity index (χ0v) is 22.5. The lowest BCUT2D eigenvalue weighted by Crippen LogP contribution is -2.21. The summed E-state index contributed by atoms with van der Waals surface area (Å²) in [7, 11) is 4.71. The second-order valence-electron chi connectivity index (χ2n) is 10.4. The third-order valence-corrected chi connectivity index (χ3v) is 7.40. The third-order valence-electron chi connectivity index (χ3n) is 7.40. The van der Waals surface area contributed by atoms with E-state index in [-0.39, 0.29) is 42.0 Å². The molecule has 2 aliphatic rings. The number of ether oxygens (including phenoxy) is 1. The minimum absolute atomic E-state index is 0.0946. The van der Waals surface area contributed by atoms with Crippen molar-refractivity contribution in [1.82, 2.24) is 29.5 Å². The van der Waals surface area contributed by atoms with Crippen LogP contribution in [0.25, 0.3) is 22.8 Å². The molecule has 0 bridgehead atoms. The fraction of sp³-hybridized carbons (Fsp3) is 0.393. The van der Waals surface area contributed by atoms with Crippen LogP contribution in [0.2, 0.25) is 0 Å². The van der Waals surface area contributed by atoms with Gasteiger partial charge in [-0.3, -0.25) is 0 Å². The Morgan fingerprint density at radius 1 is 1.07 bits per heavy atom. The minimum Gasteiger partial charge on any atom is -0.480 e. The quantitative estimate of drug-likeness (QED) is 0.255. The number of benzene rings is 1. The Morgan fingerprint density at radius 3 is 2.44 bits per heavy atom. The summed E-state index contributed by atoms with van der Waals surface area (Å²) in [6.07, 6.45) is -0.594. The summed E-state index contributed by atoms with van der Waals surface area (Å²) in [6, 6.07) is 6.90. The summed E-state index contributed by atoms with van der Waals surface area (Å²) in [6.45, 7) is 0.307. The first-order chi connectivity index (χ1) is 19.5. The lowest BCUT2D eigenvalue weighted by atomic mass is 10.1. The van der Waals surface area contributed by atoms with E-state index in [1.165, 1.54) is 25.1 Å². The fourth-order valence-corrected chi connectivity index (χ4v) is 5.23. The predicted octanol–water partition coefficient (Wildman–Crippen LogP) is 5.91. The van der Waals surface area contributed by atoms with Gasteiger partial charge in [0, 0.05) is 50.3 Å². The summed E-state index contributed by atoms with van der Waals surface area (Å²) >= 11 is 0. The van der Waals surface area contributed by atoms with Gasteiger partial charge in [-0.15, -0.1) is 0 Å². The van der Waals surface area contributed by atoms with Gasteiger partial charge in [-0.05, 0) is 24.8 Å². The van der Waals surface area contributed by atoms with Gasteiger partial charge in [0.15, 0.2) is 11.5 Å². The summed E-state index contributed by atoms with van der Waals surface area (Å²) in [4.78, 5) is 23.2. The zero-order chi connectivity index (χ0) is 29.1. The number of fused-ring (bicyclic) bond motifs is 1. The normalized spacial score (nSPS) is 16.1. The average Bonchev–Trinajstić information content (AvgIpc) is 3.64. The maximum absolute atomic E-state index is 15.0. The standard InChI is InChI=1S/C28H26F5N7O/c1-39(12-15-4-6-17(7-5-15)24-36-19(13-40(24)2)28(31,32)33)25-18-10-11-27(29,30)22(18)37-23(38-25)20-21(16-8-9-16)34-14-35-26(20)41-3/h4-7,13-14,16H,8-12H2,1-3H3. The highest BCUT2D eigenvalue weighted by Gasteiger charge is 2.44. The van der Waals surface area contributed by atoms with Crippen LogP contribution in [0, 0.1) is 0 Å². The Morgan fingerprint density at radius 2 is 1.80 bits per heavy atom. The number of rotatable bonds is 7. The van der Waals surface area contributed by atoms with Crippen molar-refractivity contribution in [2.45, 2.75) is 50.2 Å². The lowest BCUT2D eigenvalue weighted by molar-refractivity contribution is -0.140. The Balaban J connectivity index is 1.35. The Hall–Kier alpha value is -4.16. The SMILES string of the molecule is COc1ncnc(C2CC2)c1-c1nc(N(C)Cc2ccc(-c3nc(C(F)(F)F)cn3C)cc2)c2c(n1)C(F)(F)CC2. The van der Waals surface area contributed by atoms with Gasteiger partial charge in [-0.25, -0.2) is 24.9 Å². The van der Waals surface area contributed by atoms with E-state index in [9.17, 15) is 13.2 Å². The second-order valence-corrected chi connectivity index (χ2v) is 10.4. The highest BCUT2D eigenvalue weighted by molar-refractivity contribution is 5.69. The molecule has 2 aliphatic carbocycles. The molecule has 6 rings (SSSR count). The molecule has 0 N–H and O–H groups in total. The first-order valence-electron chi connectivity index (χ1n) is 13.1. The van der Waals surface area contributed by atoms with Crippen LogP contribution in [0.15, 0.2) is 36.8 Å². The monoisotopic (exact) mass is 571 g/mol. The van der Waals surface area contributed by atoms with Crippen molar-refractivity contribution in [3.05, 3.63) is 65.0 Å². The number of hydrogen-bond donors (Lipinski definition) is 0. The van der Waals surface area contributed by atoms with Crippen LogP contribution < -0.4 is 9.64 Å². The summed E-state index contributed by atoms with van der Waals surface area (Å²) in [5.74, 6) is -2.05. The molecule has 0 unspecified atom stereocenters. The van der Waals surface area contributed by atoms with E-state index in [0.29, 0.717) is 34.7 Å². The number of anilines is 1. The molecule has 1 fully saturated rings. The molecular weight excluding hydrogens is 545 g/mol. The Bertz CT molecular complexity index is 1610. The topological polar surface area (TPSA) is 81.9 Å². The van der Waals surface area contributed by atoms with Crippen LogP contribution in [-0.2, 0) is 32.1 Å². The summed E-state index contributed by atoms with van der Waals surface area (Å²) < 4.78 is 76.1. The molecule has 1 saturated carbocycles. The molecule has 0 spiro atoms. The van der Waals surface area contributed by atoms with E-state index in [0.717, 1.165) is 24.6 Å². The molecular formula is C28H26F5N7O. The molecule has 4 aromatic rings. The van der Waals surface area contributed by atoms with E-state index >= 15 is 8.78 Å². The largest absolute Gasteiger partial charge is 0.480 e. The van der Waals surface area contributed by atoms with E-state index in [1.807, 2.05) is 0 Å². The number of alkyl halides is 5. The average molecular weight is 572 g/mol. The van der Waals surface area contributed by atoms with Crippen molar-refractivity contribution in [1.29, 1.82) is 0 Å². The molecule has 0 amide bonds. The van der Waals surface area contributed by atoms with Crippen molar-refractivity contribution >= 4 is 5.82 Å². The molecule has 3 heterocycles. The maximum Gasteiger partial charge on any atom is 0.434 e. The highest BCUT2D eigenvalue weighted by atomic mass is 19.4. The van der Waals surface area contributed by atoms with Crippen LogP contribution in [0.4, 0.5) is 27.8 Å². The Labute approximate surface area is 232 Å². The molecule has 0 radical (unpaired) electrons. The van der Waals surface area contributed by atoms with Gasteiger partial charge in [0.25, 0.3) is 5.92 Å². The van der Waals surface area contributed by atoms with Crippen molar-refractivity contribution < 1.29 is 26.7 Å². The highest BCUT2D eigenvalue weighted by Crippen LogP contribution is 2.48. The molecule has 13 heteroatoms. The van der Waals surface area contributed by atoms with E-state index in [1.54, 1.807) is 36.2 Å². The van der Waals surface area contributed by atoms with Crippen LogP contribution >= 0.6 is 0 Å². The van der Waals surface area contributed by atoms with Gasteiger partial charge in [0.1, 0.15) is 29.2 Å². The number of hydrogen-bond acceptors (Lipinski definition) is 7. The first kappa shape index (κ1) is 27.0. The lowest BCUT2D eigenvalue weighted by Gasteiger charge is -2.23. The van der Waals surface area contributed by atoms with E-state index < -0.39 is 17.8 Å². The number of halogens is 5. The molecule has 0 aliphatic heterocycles.